The summed E-state index contributed by atoms with van der Waals surface area (Å²) in [5.74, 6) is 1.72. The molecule has 2 saturated carbocycles. The zero-order valence-electron chi connectivity index (χ0n) is 17.8. The minimum absolute atomic E-state index is 0.0461. The summed E-state index contributed by atoms with van der Waals surface area (Å²) in [6.45, 7) is 3.24. The van der Waals surface area contributed by atoms with E-state index in [0.717, 1.165) is 38.6 Å². The lowest BCUT2D eigenvalue weighted by Crippen LogP contribution is -2.41. The highest BCUT2D eigenvalue weighted by molar-refractivity contribution is 7.89. The lowest BCUT2D eigenvalue weighted by atomic mass is 9.82. The number of rotatable bonds is 4. The molecule has 162 valence electrons. The fourth-order valence-corrected chi connectivity index (χ4v) is 7.76. The van der Waals surface area contributed by atoms with Gasteiger partial charge in [-0.3, -0.25) is 4.79 Å². The van der Waals surface area contributed by atoms with Gasteiger partial charge in [-0.1, -0.05) is 24.1 Å². The Hall–Kier alpha value is -1.66. The third-order valence-electron chi connectivity index (χ3n) is 7.86. The largest absolute Gasteiger partial charge is 0.335 e. The Morgan fingerprint density at radius 1 is 1.13 bits per heavy atom. The number of piperidine rings is 1. The van der Waals surface area contributed by atoms with E-state index in [1.54, 1.807) is 18.2 Å². The summed E-state index contributed by atoms with van der Waals surface area (Å²) in [5, 5.41) is 0. The fourth-order valence-electron chi connectivity index (χ4n) is 6.17. The molecule has 5 nitrogen and oxygen atoms in total. The van der Waals surface area contributed by atoms with Crippen LogP contribution in [-0.2, 0) is 10.0 Å². The molecular weight excluding hydrogens is 396 g/mol. The molecule has 0 aromatic heterocycles. The average molecular weight is 429 g/mol. The highest BCUT2D eigenvalue weighted by Crippen LogP contribution is 2.45. The van der Waals surface area contributed by atoms with Crippen LogP contribution < -0.4 is 4.72 Å². The summed E-state index contributed by atoms with van der Waals surface area (Å²) in [6, 6.07) is 5.18. The Bertz CT molecular complexity index is 984. The predicted molar refractivity (Wildman–Crippen MR) is 117 cm³/mol. The third kappa shape index (κ3) is 3.73. The fraction of sp³-hybridized carbons (Fsp3) is 0.625. The molecular formula is C24H32N2O3S. The van der Waals surface area contributed by atoms with Gasteiger partial charge < -0.3 is 4.90 Å². The first-order valence-corrected chi connectivity index (χ1v) is 13.0. The van der Waals surface area contributed by atoms with Crippen molar-refractivity contribution in [1.82, 2.24) is 9.62 Å². The van der Waals surface area contributed by atoms with Gasteiger partial charge in [0.2, 0.25) is 10.0 Å². The number of hydrogen-bond donors (Lipinski definition) is 1. The number of carbonyl (C=O) groups excluding carboxylic acids is 1. The van der Waals surface area contributed by atoms with Crippen LogP contribution in [0.3, 0.4) is 0 Å². The molecule has 1 aromatic rings. The van der Waals surface area contributed by atoms with Gasteiger partial charge in [-0.25, -0.2) is 13.1 Å². The van der Waals surface area contributed by atoms with E-state index in [4.69, 9.17) is 0 Å². The van der Waals surface area contributed by atoms with E-state index in [-0.39, 0.29) is 16.8 Å². The van der Waals surface area contributed by atoms with Crippen molar-refractivity contribution in [3.8, 4) is 0 Å². The van der Waals surface area contributed by atoms with Gasteiger partial charge in [0.05, 0.1) is 4.90 Å². The number of nitrogens with one attached hydrogen (secondary N) is 1. The zero-order valence-corrected chi connectivity index (χ0v) is 18.6. The second kappa shape index (κ2) is 7.79. The van der Waals surface area contributed by atoms with Crippen molar-refractivity contribution in [2.24, 2.45) is 17.8 Å². The topological polar surface area (TPSA) is 66.5 Å². The Kier molecular flexibility index (Phi) is 5.26. The summed E-state index contributed by atoms with van der Waals surface area (Å²) >= 11 is 0. The summed E-state index contributed by atoms with van der Waals surface area (Å²) in [7, 11) is -3.63. The summed E-state index contributed by atoms with van der Waals surface area (Å²) in [5.41, 5.74) is 2.55. The first kappa shape index (κ1) is 20.3. The van der Waals surface area contributed by atoms with Crippen molar-refractivity contribution in [3.05, 3.63) is 41.0 Å². The van der Waals surface area contributed by atoms with Crippen LogP contribution in [0.4, 0.5) is 0 Å². The molecule has 0 spiro atoms. The third-order valence-corrected chi connectivity index (χ3v) is 9.50. The molecule has 1 N–H and O–H groups in total. The van der Waals surface area contributed by atoms with E-state index in [2.05, 4.69) is 10.8 Å². The minimum Gasteiger partial charge on any atom is -0.335 e. The molecule has 1 aromatic carbocycles. The molecule has 1 heterocycles. The maximum absolute atomic E-state index is 13.2. The van der Waals surface area contributed by atoms with Crippen LogP contribution in [0.5, 0.6) is 0 Å². The number of likely N-dealkylation sites (tertiary alicyclic amines) is 1. The second-order valence-electron chi connectivity index (χ2n) is 9.81. The number of fused-ring (bicyclic) bond motifs is 3. The SMILES string of the molecule is Cc1ccc(C(=O)N2CCC3CCCC=C3C2)cc1S(=O)(=O)NC1CC2CCC1C2. The lowest BCUT2D eigenvalue weighted by molar-refractivity contribution is 0.0730. The normalized spacial score (nSPS) is 30.8. The standard InChI is InChI=1S/C24H32N2O3S/c1-16-6-8-20(24(27)26-11-10-18-4-2-3-5-21(18)15-26)14-23(16)30(28,29)25-22-13-17-7-9-19(22)12-17/h5-6,8,14,17-19,22,25H,2-4,7,9-13,15H2,1H3. The second-order valence-corrected chi connectivity index (χ2v) is 11.5. The monoisotopic (exact) mass is 428 g/mol. The number of carbonyl (C=O) groups is 1. The number of allylic oxidation sites excluding steroid dienone is 1. The van der Waals surface area contributed by atoms with Crippen molar-refractivity contribution in [2.45, 2.75) is 69.2 Å². The zero-order chi connectivity index (χ0) is 20.9. The maximum Gasteiger partial charge on any atom is 0.254 e. The van der Waals surface area contributed by atoms with Gasteiger partial charge in [0.15, 0.2) is 0 Å². The highest BCUT2D eigenvalue weighted by Gasteiger charge is 2.41. The summed E-state index contributed by atoms with van der Waals surface area (Å²) in [6.07, 6.45) is 11.4. The Morgan fingerprint density at radius 3 is 2.77 bits per heavy atom. The molecule has 6 heteroatoms. The van der Waals surface area contributed by atoms with Crippen molar-refractivity contribution in [3.63, 3.8) is 0 Å². The average Bonchev–Trinajstić information content (AvgIpc) is 3.36. The van der Waals surface area contributed by atoms with Crippen LogP contribution in [0.1, 0.15) is 67.3 Å². The van der Waals surface area contributed by atoms with Crippen LogP contribution in [0.2, 0.25) is 0 Å². The number of amides is 1. The van der Waals surface area contributed by atoms with E-state index < -0.39 is 10.0 Å². The van der Waals surface area contributed by atoms with Crippen molar-refractivity contribution in [1.29, 1.82) is 0 Å². The van der Waals surface area contributed by atoms with Crippen LogP contribution in [0, 0.1) is 24.7 Å². The van der Waals surface area contributed by atoms with E-state index in [1.165, 1.54) is 24.8 Å². The smallest absolute Gasteiger partial charge is 0.254 e. The molecule has 5 rings (SSSR count). The van der Waals surface area contributed by atoms with Gasteiger partial charge in [0, 0.05) is 24.7 Å². The molecule has 4 aliphatic rings. The van der Waals surface area contributed by atoms with Gasteiger partial charge in [-0.05, 0) is 87.3 Å². The van der Waals surface area contributed by atoms with Crippen molar-refractivity contribution in [2.75, 3.05) is 13.1 Å². The molecule has 0 radical (unpaired) electrons. The molecule has 1 aliphatic heterocycles. The van der Waals surface area contributed by atoms with Crippen molar-refractivity contribution < 1.29 is 13.2 Å². The molecule has 30 heavy (non-hydrogen) atoms. The molecule has 3 fully saturated rings. The highest BCUT2D eigenvalue weighted by atomic mass is 32.2. The quantitative estimate of drug-likeness (QED) is 0.736. The van der Waals surface area contributed by atoms with Crippen LogP contribution >= 0.6 is 0 Å². The lowest BCUT2D eigenvalue weighted by Gasteiger charge is -2.36. The Balaban J connectivity index is 1.35. The van der Waals surface area contributed by atoms with E-state index in [9.17, 15) is 13.2 Å². The molecule has 1 saturated heterocycles. The number of aryl methyl sites for hydroxylation is 1. The molecule has 3 aliphatic carbocycles. The Labute approximate surface area is 180 Å². The minimum atomic E-state index is -3.63. The van der Waals surface area contributed by atoms with Gasteiger partial charge in [-0.2, -0.15) is 0 Å². The first-order chi connectivity index (χ1) is 14.4. The van der Waals surface area contributed by atoms with Crippen LogP contribution in [-0.4, -0.2) is 38.4 Å². The van der Waals surface area contributed by atoms with Gasteiger partial charge in [0.25, 0.3) is 5.91 Å². The van der Waals surface area contributed by atoms with E-state index in [0.29, 0.717) is 35.4 Å². The summed E-state index contributed by atoms with van der Waals surface area (Å²) < 4.78 is 29.3. The Morgan fingerprint density at radius 2 is 2.00 bits per heavy atom. The van der Waals surface area contributed by atoms with E-state index in [1.807, 2.05) is 11.8 Å². The molecule has 2 bridgehead atoms. The number of sulfonamides is 1. The maximum atomic E-state index is 13.2. The summed E-state index contributed by atoms with van der Waals surface area (Å²) in [4.78, 5) is 15.3. The number of benzene rings is 1. The predicted octanol–water partition coefficient (Wildman–Crippen LogP) is 4.03. The van der Waals surface area contributed by atoms with Crippen molar-refractivity contribution >= 4 is 15.9 Å². The van der Waals surface area contributed by atoms with Gasteiger partial charge >= 0.3 is 0 Å². The molecule has 4 atom stereocenters. The first-order valence-electron chi connectivity index (χ1n) is 11.5. The number of nitrogens with zero attached hydrogens (tertiary/aromatic N) is 1. The van der Waals surface area contributed by atoms with Gasteiger partial charge in [0.1, 0.15) is 0 Å². The van der Waals surface area contributed by atoms with Crippen LogP contribution in [0.15, 0.2) is 34.7 Å². The van der Waals surface area contributed by atoms with E-state index >= 15 is 0 Å². The molecule has 1 amide bonds. The van der Waals surface area contributed by atoms with Gasteiger partial charge in [-0.15, -0.1) is 0 Å². The molecule has 4 unspecified atom stereocenters. The number of hydrogen-bond acceptors (Lipinski definition) is 3. The van der Waals surface area contributed by atoms with Crippen LogP contribution in [0.25, 0.3) is 0 Å².